The summed E-state index contributed by atoms with van der Waals surface area (Å²) >= 11 is 0. The first-order chi connectivity index (χ1) is 15.0. The van der Waals surface area contributed by atoms with Crippen molar-refractivity contribution in [1.29, 1.82) is 0 Å². The van der Waals surface area contributed by atoms with Gasteiger partial charge in [-0.3, -0.25) is 9.71 Å². The lowest BCUT2D eigenvalue weighted by Crippen LogP contribution is -2.14. The van der Waals surface area contributed by atoms with E-state index in [1.165, 1.54) is 6.07 Å². The van der Waals surface area contributed by atoms with Crippen LogP contribution in [0, 0.1) is 6.92 Å². The quantitative estimate of drug-likeness (QED) is 0.469. The van der Waals surface area contributed by atoms with Crippen LogP contribution in [-0.4, -0.2) is 30.7 Å². The molecule has 0 fully saturated rings. The Hall–Kier alpha value is -3.72. The lowest BCUT2D eigenvalue weighted by atomic mass is 10.1. The third-order valence-corrected chi connectivity index (χ3v) is 6.03. The van der Waals surface area contributed by atoms with Gasteiger partial charge in [0, 0.05) is 18.0 Å². The van der Waals surface area contributed by atoms with Crippen LogP contribution in [0.5, 0.6) is 5.75 Å². The first-order valence-electron chi connectivity index (χ1n) is 9.44. The molecule has 31 heavy (non-hydrogen) atoms. The molecule has 4 rings (SSSR count). The molecule has 2 aromatic carbocycles. The van der Waals surface area contributed by atoms with Crippen molar-refractivity contribution in [3.8, 4) is 17.1 Å². The fourth-order valence-electron chi connectivity index (χ4n) is 3.10. The van der Waals surface area contributed by atoms with Gasteiger partial charge in [0.1, 0.15) is 5.75 Å². The number of aromatic nitrogens is 3. The Morgan fingerprint density at radius 1 is 1.10 bits per heavy atom. The number of hydrogen-bond donors (Lipinski definition) is 1. The van der Waals surface area contributed by atoms with Crippen molar-refractivity contribution in [2.45, 2.75) is 18.2 Å². The molecular formula is C22H20N4O4S. The summed E-state index contributed by atoms with van der Waals surface area (Å²) in [4.78, 5) is 8.59. The van der Waals surface area contributed by atoms with E-state index >= 15 is 0 Å². The molecule has 0 saturated heterocycles. The number of methoxy groups -OCH3 is 1. The molecule has 0 aliphatic carbocycles. The van der Waals surface area contributed by atoms with Gasteiger partial charge in [-0.15, -0.1) is 0 Å². The Morgan fingerprint density at radius 3 is 2.68 bits per heavy atom. The van der Waals surface area contributed by atoms with E-state index in [9.17, 15) is 8.42 Å². The van der Waals surface area contributed by atoms with E-state index in [2.05, 4.69) is 19.8 Å². The standard InChI is InChI=1S/C22H20N4O4S/c1-15-12-18(9-10-20(15)29-2)31(27,28)26-19-8-4-3-6-16(19)13-21-24-22(25-30-21)17-7-5-11-23-14-17/h3-12,14,26H,13H2,1-2H3. The van der Waals surface area contributed by atoms with Crippen LogP contribution in [0.25, 0.3) is 11.4 Å². The van der Waals surface area contributed by atoms with Gasteiger partial charge in [-0.25, -0.2) is 8.42 Å². The maximum atomic E-state index is 12.9. The normalized spacial score (nSPS) is 11.3. The molecule has 9 heteroatoms. The SMILES string of the molecule is COc1ccc(S(=O)(=O)Nc2ccccc2Cc2nc(-c3cccnc3)no2)cc1C. The largest absolute Gasteiger partial charge is 0.496 e. The van der Waals surface area contributed by atoms with Crippen molar-refractivity contribution in [2.24, 2.45) is 0 Å². The Morgan fingerprint density at radius 2 is 1.94 bits per heavy atom. The average Bonchev–Trinajstić information content (AvgIpc) is 3.24. The van der Waals surface area contributed by atoms with Gasteiger partial charge in [0.05, 0.1) is 24.1 Å². The Balaban J connectivity index is 1.58. The molecule has 0 radical (unpaired) electrons. The minimum Gasteiger partial charge on any atom is -0.496 e. The summed E-state index contributed by atoms with van der Waals surface area (Å²) < 4.78 is 39.1. The highest BCUT2D eigenvalue weighted by atomic mass is 32.2. The molecule has 0 atom stereocenters. The molecule has 2 aromatic heterocycles. The summed E-state index contributed by atoms with van der Waals surface area (Å²) in [5.74, 6) is 1.42. The number of para-hydroxylation sites is 1. The lowest BCUT2D eigenvalue weighted by molar-refractivity contribution is 0.386. The number of ether oxygens (including phenoxy) is 1. The van der Waals surface area contributed by atoms with Crippen LogP contribution in [-0.2, 0) is 16.4 Å². The van der Waals surface area contributed by atoms with Crippen LogP contribution >= 0.6 is 0 Å². The third kappa shape index (κ3) is 4.56. The first-order valence-corrected chi connectivity index (χ1v) is 10.9. The van der Waals surface area contributed by atoms with Gasteiger partial charge in [0.25, 0.3) is 10.0 Å². The Labute approximate surface area is 180 Å². The van der Waals surface area contributed by atoms with E-state index in [0.717, 1.165) is 11.1 Å². The highest BCUT2D eigenvalue weighted by Gasteiger charge is 2.18. The molecule has 1 N–H and O–H groups in total. The van der Waals surface area contributed by atoms with Gasteiger partial charge in [-0.05, 0) is 54.4 Å². The summed E-state index contributed by atoms with van der Waals surface area (Å²) in [7, 11) is -2.25. The van der Waals surface area contributed by atoms with E-state index in [1.807, 2.05) is 18.2 Å². The van der Waals surface area contributed by atoms with E-state index in [0.29, 0.717) is 28.7 Å². The zero-order valence-corrected chi connectivity index (χ0v) is 17.8. The second-order valence-electron chi connectivity index (χ2n) is 6.82. The fourth-order valence-corrected chi connectivity index (χ4v) is 4.28. The maximum absolute atomic E-state index is 12.9. The van der Waals surface area contributed by atoms with Gasteiger partial charge < -0.3 is 9.26 Å². The van der Waals surface area contributed by atoms with Crippen molar-refractivity contribution >= 4 is 15.7 Å². The number of nitrogens with zero attached hydrogens (tertiary/aromatic N) is 3. The summed E-state index contributed by atoms with van der Waals surface area (Å²) in [5, 5.41) is 3.98. The second-order valence-corrected chi connectivity index (χ2v) is 8.51. The lowest BCUT2D eigenvalue weighted by Gasteiger charge is -2.13. The highest BCUT2D eigenvalue weighted by Crippen LogP contribution is 2.26. The number of anilines is 1. The zero-order chi connectivity index (χ0) is 21.8. The molecule has 158 valence electrons. The highest BCUT2D eigenvalue weighted by molar-refractivity contribution is 7.92. The van der Waals surface area contributed by atoms with Crippen molar-refractivity contribution in [3.05, 3.63) is 84.0 Å². The summed E-state index contributed by atoms with van der Waals surface area (Å²) in [6, 6.07) is 15.4. The topological polar surface area (TPSA) is 107 Å². The van der Waals surface area contributed by atoms with Crippen LogP contribution in [0.4, 0.5) is 5.69 Å². The third-order valence-electron chi connectivity index (χ3n) is 4.67. The first kappa shape index (κ1) is 20.5. The van der Waals surface area contributed by atoms with Crippen molar-refractivity contribution < 1.29 is 17.7 Å². The molecule has 0 aliphatic heterocycles. The summed E-state index contributed by atoms with van der Waals surface area (Å²) in [6.07, 6.45) is 3.58. The van der Waals surface area contributed by atoms with Crippen LogP contribution < -0.4 is 9.46 Å². The van der Waals surface area contributed by atoms with Gasteiger partial charge in [-0.2, -0.15) is 4.98 Å². The minimum absolute atomic E-state index is 0.150. The van der Waals surface area contributed by atoms with Crippen LogP contribution in [0.3, 0.4) is 0 Å². The summed E-state index contributed by atoms with van der Waals surface area (Å²) in [6.45, 7) is 1.79. The molecule has 0 bridgehead atoms. The molecule has 4 aromatic rings. The number of sulfonamides is 1. The molecule has 0 saturated carbocycles. The van der Waals surface area contributed by atoms with E-state index in [4.69, 9.17) is 9.26 Å². The maximum Gasteiger partial charge on any atom is 0.261 e. The number of hydrogen-bond acceptors (Lipinski definition) is 7. The Bertz CT molecular complexity index is 1300. The molecule has 8 nitrogen and oxygen atoms in total. The fraction of sp³-hybridized carbons (Fsp3) is 0.136. The number of nitrogens with one attached hydrogen (secondary N) is 1. The molecule has 2 heterocycles. The molecule has 0 amide bonds. The monoisotopic (exact) mass is 436 g/mol. The van der Waals surface area contributed by atoms with E-state index < -0.39 is 10.0 Å². The van der Waals surface area contributed by atoms with Crippen LogP contribution in [0.15, 0.2) is 76.4 Å². The van der Waals surface area contributed by atoms with E-state index in [-0.39, 0.29) is 11.3 Å². The van der Waals surface area contributed by atoms with Crippen LogP contribution in [0.2, 0.25) is 0 Å². The van der Waals surface area contributed by atoms with Gasteiger partial charge in [0.2, 0.25) is 11.7 Å². The van der Waals surface area contributed by atoms with Gasteiger partial charge >= 0.3 is 0 Å². The second kappa shape index (κ2) is 8.57. The minimum atomic E-state index is -3.79. The number of pyridine rings is 1. The summed E-state index contributed by atoms with van der Waals surface area (Å²) in [5.41, 5.74) is 2.61. The van der Waals surface area contributed by atoms with Crippen LogP contribution in [0.1, 0.15) is 17.0 Å². The molecule has 0 aliphatic rings. The molecular weight excluding hydrogens is 416 g/mol. The average molecular weight is 436 g/mol. The smallest absolute Gasteiger partial charge is 0.261 e. The number of rotatable bonds is 7. The molecule has 0 unspecified atom stereocenters. The predicted molar refractivity (Wildman–Crippen MR) is 115 cm³/mol. The number of aryl methyl sites for hydroxylation is 1. The predicted octanol–water partition coefficient (Wildman–Crippen LogP) is 3.84. The van der Waals surface area contributed by atoms with Crippen molar-refractivity contribution in [2.75, 3.05) is 11.8 Å². The molecule has 0 spiro atoms. The van der Waals surface area contributed by atoms with Crippen molar-refractivity contribution in [1.82, 2.24) is 15.1 Å². The van der Waals surface area contributed by atoms with E-state index in [1.54, 1.807) is 56.8 Å². The number of benzene rings is 2. The van der Waals surface area contributed by atoms with Crippen molar-refractivity contribution in [3.63, 3.8) is 0 Å². The zero-order valence-electron chi connectivity index (χ0n) is 16.9. The van der Waals surface area contributed by atoms with Gasteiger partial charge in [0.15, 0.2) is 0 Å². The van der Waals surface area contributed by atoms with Gasteiger partial charge in [-0.1, -0.05) is 23.4 Å². The Kier molecular flexibility index (Phi) is 5.68.